The van der Waals surface area contributed by atoms with Gasteiger partial charge in [0.1, 0.15) is 0 Å². The van der Waals surface area contributed by atoms with Crippen molar-refractivity contribution in [2.24, 2.45) is 0 Å². The molecule has 0 amide bonds. The Bertz CT molecular complexity index is 1350. The van der Waals surface area contributed by atoms with Crippen molar-refractivity contribution in [3.63, 3.8) is 0 Å². The van der Waals surface area contributed by atoms with Crippen molar-refractivity contribution in [3.05, 3.63) is 127 Å². The van der Waals surface area contributed by atoms with Crippen molar-refractivity contribution in [2.45, 2.75) is 13.8 Å². The van der Waals surface area contributed by atoms with Gasteiger partial charge in [0.15, 0.2) is 0 Å². The van der Waals surface area contributed by atoms with Crippen LogP contribution < -0.4 is 0 Å². The van der Waals surface area contributed by atoms with Crippen LogP contribution in [-0.2, 0) is 0 Å². The Morgan fingerprint density at radius 3 is 1.69 bits per heavy atom. The third-order valence-electron chi connectivity index (χ3n) is 5.95. The highest BCUT2D eigenvalue weighted by molar-refractivity contribution is 5.80. The number of benzene rings is 4. The molecule has 0 N–H and O–H groups in total. The number of aryl methyl sites for hydroxylation is 2. The van der Waals surface area contributed by atoms with Crippen LogP contribution in [0.3, 0.4) is 0 Å². The molecule has 154 valence electrons. The largest absolute Gasteiger partial charge is 0.256 e. The zero-order valence-corrected chi connectivity index (χ0v) is 18.4. The molecular formula is C31H25N. The molecule has 0 aliphatic rings. The van der Waals surface area contributed by atoms with E-state index in [4.69, 9.17) is 0 Å². The van der Waals surface area contributed by atoms with E-state index in [1.807, 2.05) is 18.3 Å². The van der Waals surface area contributed by atoms with Crippen LogP contribution in [0.25, 0.3) is 44.6 Å². The molecule has 0 atom stereocenters. The van der Waals surface area contributed by atoms with Gasteiger partial charge in [-0.05, 0) is 82.6 Å². The quantitative estimate of drug-likeness (QED) is 0.289. The summed E-state index contributed by atoms with van der Waals surface area (Å²) in [6.07, 6.45) is 1.84. The fourth-order valence-electron chi connectivity index (χ4n) is 4.46. The summed E-state index contributed by atoms with van der Waals surface area (Å²) in [5, 5.41) is 0. The van der Waals surface area contributed by atoms with E-state index in [1.165, 1.54) is 44.5 Å². The lowest BCUT2D eigenvalue weighted by atomic mass is 9.90. The van der Waals surface area contributed by atoms with Gasteiger partial charge in [-0.1, -0.05) is 84.9 Å². The Kier molecular flexibility index (Phi) is 5.39. The van der Waals surface area contributed by atoms with Gasteiger partial charge in [-0.2, -0.15) is 0 Å². The summed E-state index contributed by atoms with van der Waals surface area (Å²) >= 11 is 0. The first-order chi connectivity index (χ1) is 15.7. The van der Waals surface area contributed by atoms with Crippen LogP contribution >= 0.6 is 0 Å². The SMILES string of the molecule is Cc1cc(-c2cccc(-c3ccccc3)c2)cc(C)c1-c1cccc(-c2ccccn2)c1. The fourth-order valence-corrected chi connectivity index (χ4v) is 4.46. The van der Waals surface area contributed by atoms with Gasteiger partial charge in [0, 0.05) is 11.8 Å². The number of hydrogen-bond acceptors (Lipinski definition) is 1. The van der Waals surface area contributed by atoms with E-state index in [1.54, 1.807) is 0 Å². The average Bonchev–Trinajstić information content (AvgIpc) is 2.85. The highest BCUT2D eigenvalue weighted by Crippen LogP contribution is 2.35. The van der Waals surface area contributed by atoms with Gasteiger partial charge >= 0.3 is 0 Å². The molecular weight excluding hydrogens is 386 g/mol. The van der Waals surface area contributed by atoms with Crippen LogP contribution in [0.15, 0.2) is 115 Å². The molecule has 0 saturated carbocycles. The molecule has 1 heterocycles. The molecule has 0 aliphatic carbocycles. The van der Waals surface area contributed by atoms with Gasteiger partial charge in [0.25, 0.3) is 0 Å². The molecule has 1 aromatic heterocycles. The van der Waals surface area contributed by atoms with Crippen LogP contribution in [-0.4, -0.2) is 4.98 Å². The van der Waals surface area contributed by atoms with Gasteiger partial charge in [-0.15, -0.1) is 0 Å². The fraction of sp³-hybridized carbons (Fsp3) is 0.0645. The predicted octanol–water partition coefficient (Wildman–Crippen LogP) is 8.37. The van der Waals surface area contributed by atoms with E-state index < -0.39 is 0 Å². The molecule has 1 heteroatoms. The number of rotatable bonds is 4. The van der Waals surface area contributed by atoms with Crippen molar-refractivity contribution in [1.82, 2.24) is 4.98 Å². The maximum Gasteiger partial charge on any atom is 0.0702 e. The molecule has 5 aromatic rings. The van der Waals surface area contributed by atoms with E-state index in [2.05, 4.69) is 116 Å². The summed E-state index contributed by atoms with van der Waals surface area (Å²) in [6.45, 7) is 4.42. The van der Waals surface area contributed by atoms with Crippen molar-refractivity contribution in [1.29, 1.82) is 0 Å². The predicted molar refractivity (Wildman–Crippen MR) is 135 cm³/mol. The van der Waals surface area contributed by atoms with E-state index in [9.17, 15) is 0 Å². The zero-order chi connectivity index (χ0) is 21.9. The highest BCUT2D eigenvalue weighted by Gasteiger charge is 2.11. The van der Waals surface area contributed by atoms with E-state index in [-0.39, 0.29) is 0 Å². The molecule has 0 bridgehead atoms. The Labute approximate surface area is 190 Å². The highest BCUT2D eigenvalue weighted by atomic mass is 14.7. The smallest absolute Gasteiger partial charge is 0.0702 e. The lowest BCUT2D eigenvalue weighted by Crippen LogP contribution is -1.92. The van der Waals surface area contributed by atoms with Crippen LogP contribution in [0.2, 0.25) is 0 Å². The number of nitrogens with zero attached hydrogens (tertiary/aromatic N) is 1. The second-order valence-electron chi connectivity index (χ2n) is 8.23. The van der Waals surface area contributed by atoms with Gasteiger partial charge in [-0.3, -0.25) is 4.98 Å². The van der Waals surface area contributed by atoms with Crippen LogP contribution in [0.4, 0.5) is 0 Å². The first-order valence-electron chi connectivity index (χ1n) is 11.0. The Morgan fingerprint density at radius 1 is 0.438 bits per heavy atom. The Balaban J connectivity index is 1.54. The maximum absolute atomic E-state index is 4.52. The molecule has 0 radical (unpaired) electrons. The standard InChI is InChI=1S/C31H25N/c1-22-18-29(26-13-8-12-25(20-26)24-10-4-3-5-11-24)19-23(2)31(22)28-15-9-14-27(21-28)30-16-6-7-17-32-30/h3-21H,1-2H3. The lowest BCUT2D eigenvalue weighted by Gasteiger charge is -2.15. The van der Waals surface area contributed by atoms with E-state index in [0.717, 1.165) is 11.3 Å². The molecule has 5 rings (SSSR count). The molecule has 0 spiro atoms. The number of pyridine rings is 1. The second kappa shape index (κ2) is 8.64. The normalized spacial score (nSPS) is 10.8. The molecule has 0 saturated heterocycles. The van der Waals surface area contributed by atoms with Gasteiger partial charge < -0.3 is 0 Å². The number of hydrogen-bond donors (Lipinski definition) is 0. The topological polar surface area (TPSA) is 12.9 Å². The Hall–Kier alpha value is -3.97. The summed E-state index contributed by atoms with van der Waals surface area (Å²) in [6, 6.07) is 38.7. The first-order valence-corrected chi connectivity index (χ1v) is 11.0. The van der Waals surface area contributed by atoms with Crippen LogP contribution in [0, 0.1) is 13.8 Å². The summed E-state index contributed by atoms with van der Waals surface area (Å²) in [5.41, 5.74) is 12.2. The molecule has 32 heavy (non-hydrogen) atoms. The van der Waals surface area contributed by atoms with E-state index >= 15 is 0 Å². The zero-order valence-electron chi connectivity index (χ0n) is 18.4. The van der Waals surface area contributed by atoms with Gasteiger partial charge in [-0.25, -0.2) is 0 Å². The van der Waals surface area contributed by atoms with Crippen molar-refractivity contribution in [2.75, 3.05) is 0 Å². The lowest BCUT2D eigenvalue weighted by molar-refractivity contribution is 1.32. The van der Waals surface area contributed by atoms with Gasteiger partial charge in [0.05, 0.1) is 5.69 Å². The minimum Gasteiger partial charge on any atom is -0.256 e. The third-order valence-corrected chi connectivity index (χ3v) is 5.95. The third kappa shape index (κ3) is 3.98. The first kappa shape index (κ1) is 20.0. The minimum atomic E-state index is 0.999. The Morgan fingerprint density at radius 2 is 1.00 bits per heavy atom. The van der Waals surface area contributed by atoms with Crippen molar-refractivity contribution < 1.29 is 0 Å². The summed E-state index contributed by atoms with van der Waals surface area (Å²) in [5.74, 6) is 0. The van der Waals surface area contributed by atoms with Crippen molar-refractivity contribution >= 4 is 0 Å². The van der Waals surface area contributed by atoms with Crippen LogP contribution in [0.1, 0.15) is 11.1 Å². The maximum atomic E-state index is 4.52. The number of aromatic nitrogens is 1. The second-order valence-corrected chi connectivity index (χ2v) is 8.23. The molecule has 1 nitrogen and oxygen atoms in total. The molecule has 0 unspecified atom stereocenters. The molecule has 4 aromatic carbocycles. The minimum absolute atomic E-state index is 0.999. The monoisotopic (exact) mass is 411 g/mol. The molecule has 0 aliphatic heterocycles. The summed E-state index contributed by atoms with van der Waals surface area (Å²) in [4.78, 5) is 4.52. The average molecular weight is 412 g/mol. The summed E-state index contributed by atoms with van der Waals surface area (Å²) < 4.78 is 0. The van der Waals surface area contributed by atoms with E-state index in [0.29, 0.717) is 0 Å². The summed E-state index contributed by atoms with van der Waals surface area (Å²) in [7, 11) is 0. The van der Waals surface area contributed by atoms with Gasteiger partial charge in [0.2, 0.25) is 0 Å². The molecule has 0 fully saturated rings. The van der Waals surface area contributed by atoms with Crippen molar-refractivity contribution in [3.8, 4) is 44.6 Å². The van der Waals surface area contributed by atoms with Crippen LogP contribution in [0.5, 0.6) is 0 Å².